The van der Waals surface area contributed by atoms with Crippen LogP contribution in [-0.4, -0.2) is 53.8 Å². The fourth-order valence-corrected chi connectivity index (χ4v) is 5.12. The molecule has 0 spiro atoms. The number of ether oxygens (including phenoxy) is 1. The number of nitrogens with zero attached hydrogens (tertiary/aromatic N) is 4. The highest BCUT2D eigenvalue weighted by Gasteiger charge is 2.44. The van der Waals surface area contributed by atoms with Gasteiger partial charge in [0.05, 0.1) is 22.3 Å². The highest BCUT2D eigenvalue weighted by atomic mass is 32.2. The SMILES string of the molecule is Nc1ccc2ccc(OC[C@H]3S[C@@H](n4ccc5c(N)ncnc54)[C@H](O)[C@@H]3O)cc2n1. The number of aliphatic hydroxyl groups excluding tert-OH is 2. The molecule has 0 amide bonds. The van der Waals surface area contributed by atoms with E-state index < -0.39 is 17.6 Å². The molecular formula is C20H20N6O3S. The van der Waals surface area contributed by atoms with Crippen molar-refractivity contribution in [2.45, 2.75) is 22.8 Å². The van der Waals surface area contributed by atoms with Crippen molar-refractivity contribution in [2.75, 3.05) is 18.1 Å². The van der Waals surface area contributed by atoms with Crippen LogP contribution in [0, 0.1) is 0 Å². The Kier molecular flexibility index (Phi) is 4.61. The van der Waals surface area contributed by atoms with Crippen molar-refractivity contribution in [1.29, 1.82) is 0 Å². The minimum atomic E-state index is -0.978. The number of benzene rings is 1. The lowest BCUT2D eigenvalue weighted by Gasteiger charge is -2.17. The summed E-state index contributed by atoms with van der Waals surface area (Å²) in [5.41, 5.74) is 13.0. The molecule has 0 unspecified atom stereocenters. The number of nitrogens with two attached hydrogens (primary N) is 2. The van der Waals surface area contributed by atoms with Crippen molar-refractivity contribution < 1.29 is 14.9 Å². The molecule has 4 aromatic rings. The van der Waals surface area contributed by atoms with E-state index in [1.54, 1.807) is 12.3 Å². The number of pyridine rings is 1. The van der Waals surface area contributed by atoms with Crippen molar-refractivity contribution in [3.63, 3.8) is 0 Å². The van der Waals surface area contributed by atoms with Gasteiger partial charge in [-0.2, -0.15) is 0 Å². The summed E-state index contributed by atoms with van der Waals surface area (Å²) in [5.74, 6) is 1.44. The summed E-state index contributed by atoms with van der Waals surface area (Å²) >= 11 is 1.43. The van der Waals surface area contributed by atoms with Crippen LogP contribution in [0.2, 0.25) is 0 Å². The maximum absolute atomic E-state index is 10.7. The lowest BCUT2D eigenvalue weighted by atomic mass is 10.1. The van der Waals surface area contributed by atoms with E-state index >= 15 is 0 Å². The summed E-state index contributed by atoms with van der Waals surface area (Å²) < 4.78 is 7.72. The standard InChI is InChI=1S/C20H20N6O3S/c21-15-4-2-10-1-3-11(7-13(10)25-15)29-8-14-16(27)17(28)20(30-14)26-6-5-12-18(22)23-9-24-19(12)26/h1-7,9,14,16-17,20,27-28H,8H2,(H2,21,25)(H2,22,23,24)/t14-,16-,17-,20-/m1/s1. The second-order valence-electron chi connectivity index (χ2n) is 7.17. The van der Waals surface area contributed by atoms with Gasteiger partial charge in [-0.25, -0.2) is 15.0 Å². The van der Waals surface area contributed by atoms with Crippen LogP contribution >= 0.6 is 11.8 Å². The average molecular weight is 424 g/mol. The first-order valence-corrected chi connectivity index (χ1v) is 10.3. The summed E-state index contributed by atoms with van der Waals surface area (Å²) in [6.45, 7) is 0.226. The molecule has 1 aliphatic heterocycles. The average Bonchev–Trinajstić information content (AvgIpc) is 3.29. The highest BCUT2D eigenvalue weighted by molar-refractivity contribution is 8.00. The Hall–Kier alpha value is -3.08. The topological polar surface area (TPSA) is 145 Å². The quantitative estimate of drug-likeness (QED) is 0.383. The molecule has 0 bridgehead atoms. The molecule has 4 heterocycles. The zero-order chi connectivity index (χ0) is 20.8. The first kappa shape index (κ1) is 18.9. The first-order chi connectivity index (χ1) is 14.5. The Morgan fingerprint density at radius 2 is 1.90 bits per heavy atom. The fourth-order valence-electron chi connectivity index (χ4n) is 3.67. The number of hydrogen-bond acceptors (Lipinski definition) is 9. The van der Waals surface area contributed by atoms with E-state index in [0.717, 1.165) is 10.9 Å². The molecule has 154 valence electrons. The van der Waals surface area contributed by atoms with Crippen LogP contribution < -0.4 is 16.2 Å². The van der Waals surface area contributed by atoms with E-state index in [1.807, 2.05) is 34.9 Å². The van der Waals surface area contributed by atoms with Crippen LogP contribution in [0.25, 0.3) is 21.9 Å². The summed E-state index contributed by atoms with van der Waals surface area (Å²) in [7, 11) is 0. The van der Waals surface area contributed by atoms with Gasteiger partial charge in [-0.1, -0.05) is 0 Å². The van der Waals surface area contributed by atoms with Gasteiger partial charge in [0.2, 0.25) is 0 Å². The molecule has 1 aliphatic rings. The maximum Gasteiger partial charge on any atom is 0.146 e. The Labute approximate surface area is 175 Å². The van der Waals surface area contributed by atoms with Crippen molar-refractivity contribution in [3.05, 3.63) is 48.9 Å². The zero-order valence-corrected chi connectivity index (χ0v) is 16.6. The highest BCUT2D eigenvalue weighted by Crippen LogP contribution is 2.43. The van der Waals surface area contributed by atoms with Gasteiger partial charge in [0, 0.05) is 17.6 Å². The molecule has 10 heteroatoms. The molecule has 3 aromatic heterocycles. The molecule has 6 N–H and O–H groups in total. The molecule has 1 fully saturated rings. The number of hydrogen-bond donors (Lipinski definition) is 4. The first-order valence-electron chi connectivity index (χ1n) is 9.39. The number of fused-ring (bicyclic) bond motifs is 2. The van der Waals surface area contributed by atoms with Crippen LogP contribution in [0.4, 0.5) is 11.6 Å². The minimum absolute atomic E-state index is 0.226. The van der Waals surface area contributed by atoms with Crippen LogP contribution in [0.3, 0.4) is 0 Å². The monoisotopic (exact) mass is 424 g/mol. The summed E-state index contributed by atoms with van der Waals surface area (Å²) in [6.07, 6.45) is 1.25. The number of aliphatic hydroxyl groups is 2. The number of nitrogen functional groups attached to an aromatic ring is 2. The molecular weight excluding hydrogens is 404 g/mol. The smallest absolute Gasteiger partial charge is 0.146 e. The van der Waals surface area contributed by atoms with Gasteiger partial charge in [0.15, 0.2) is 0 Å². The van der Waals surface area contributed by atoms with Gasteiger partial charge in [-0.05, 0) is 30.3 Å². The third kappa shape index (κ3) is 3.18. The van der Waals surface area contributed by atoms with Gasteiger partial charge < -0.3 is 31.0 Å². The third-order valence-corrected chi connectivity index (χ3v) is 6.80. The van der Waals surface area contributed by atoms with E-state index in [-0.39, 0.29) is 11.9 Å². The number of anilines is 2. The molecule has 1 aromatic carbocycles. The van der Waals surface area contributed by atoms with Crippen LogP contribution in [-0.2, 0) is 0 Å². The van der Waals surface area contributed by atoms with Gasteiger partial charge in [-0.3, -0.25) is 0 Å². The molecule has 5 rings (SSSR count). The van der Waals surface area contributed by atoms with Gasteiger partial charge >= 0.3 is 0 Å². The van der Waals surface area contributed by atoms with E-state index in [0.29, 0.717) is 28.4 Å². The molecule has 4 atom stereocenters. The molecule has 0 saturated carbocycles. The van der Waals surface area contributed by atoms with Crippen LogP contribution in [0.1, 0.15) is 5.37 Å². The fraction of sp³-hybridized carbons (Fsp3) is 0.250. The van der Waals surface area contributed by atoms with Gasteiger partial charge in [0.25, 0.3) is 0 Å². The Morgan fingerprint density at radius 3 is 2.77 bits per heavy atom. The van der Waals surface area contributed by atoms with E-state index in [1.165, 1.54) is 18.1 Å². The van der Waals surface area contributed by atoms with Crippen LogP contribution in [0.15, 0.2) is 48.9 Å². The van der Waals surface area contributed by atoms with E-state index in [2.05, 4.69) is 15.0 Å². The largest absolute Gasteiger partial charge is 0.492 e. The van der Waals surface area contributed by atoms with E-state index in [4.69, 9.17) is 16.2 Å². The summed E-state index contributed by atoms with van der Waals surface area (Å²) in [5, 5.41) is 22.2. The molecule has 1 saturated heterocycles. The molecule has 0 aliphatic carbocycles. The number of aromatic nitrogens is 4. The summed E-state index contributed by atoms with van der Waals surface area (Å²) in [6, 6.07) is 11.0. The Bertz CT molecular complexity index is 1230. The summed E-state index contributed by atoms with van der Waals surface area (Å²) in [4.78, 5) is 12.6. The van der Waals surface area contributed by atoms with E-state index in [9.17, 15) is 10.2 Å². The predicted octanol–water partition coefficient (Wildman–Crippen LogP) is 1.56. The predicted molar refractivity (Wildman–Crippen MR) is 116 cm³/mol. The van der Waals surface area contributed by atoms with Crippen molar-refractivity contribution in [2.24, 2.45) is 0 Å². The molecule has 0 radical (unpaired) electrons. The number of rotatable bonds is 4. The van der Waals surface area contributed by atoms with Gasteiger partial charge in [0.1, 0.15) is 47.4 Å². The molecule has 30 heavy (non-hydrogen) atoms. The van der Waals surface area contributed by atoms with Crippen molar-refractivity contribution in [1.82, 2.24) is 19.5 Å². The maximum atomic E-state index is 10.7. The Balaban J connectivity index is 1.34. The van der Waals surface area contributed by atoms with Crippen LogP contribution in [0.5, 0.6) is 5.75 Å². The molecule has 9 nitrogen and oxygen atoms in total. The second-order valence-corrected chi connectivity index (χ2v) is 8.53. The normalized spacial score (nSPS) is 23.9. The minimum Gasteiger partial charge on any atom is -0.492 e. The third-order valence-electron chi connectivity index (χ3n) is 5.25. The second kappa shape index (κ2) is 7.31. The lowest BCUT2D eigenvalue weighted by Crippen LogP contribution is -2.34. The lowest BCUT2D eigenvalue weighted by molar-refractivity contribution is 0.0128. The Morgan fingerprint density at radius 1 is 1.07 bits per heavy atom. The zero-order valence-electron chi connectivity index (χ0n) is 15.8. The van der Waals surface area contributed by atoms with Gasteiger partial charge in [-0.15, -0.1) is 11.8 Å². The van der Waals surface area contributed by atoms with Crippen molar-refractivity contribution >= 4 is 45.3 Å². The number of thioether (sulfide) groups is 1. The van der Waals surface area contributed by atoms with Crippen molar-refractivity contribution in [3.8, 4) is 5.75 Å².